The topological polar surface area (TPSA) is 303 Å². The number of phenolic OH excluding ortho intramolecular Hbond substituents is 1. The number of ether oxygens (including phenoxy) is 8. The third-order valence-corrected chi connectivity index (χ3v) is 9.70. The molecule has 0 bridgehead atoms. The number of esters is 1. The van der Waals surface area contributed by atoms with E-state index in [1.165, 1.54) is 26.2 Å². The Bertz CT molecular complexity index is 1870. The average molecular weight is 797 g/mol. The van der Waals surface area contributed by atoms with E-state index in [1.807, 2.05) is 0 Å². The number of aliphatic hydroxyl groups excluding tert-OH is 8. The predicted octanol–water partition coefficient (Wildman–Crippen LogP) is -2.40. The van der Waals surface area contributed by atoms with Gasteiger partial charge in [0, 0.05) is 30.7 Å². The quantitative estimate of drug-likeness (QED) is 0.0914. The zero-order valence-electron chi connectivity index (χ0n) is 30.1. The van der Waals surface area contributed by atoms with Crippen LogP contribution in [-0.4, -0.2) is 164 Å². The summed E-state index contributed by atoms with van der Waals surface area (Å²) >= 11 is 0. The number of fused-ring (bicyclic) bond motifs is 1. The van der Waals surface area contributed by atoms with Crippen LogP contribution in [0.5, 0.6) is 17.2 Å². The van der Waals surface area contributed by atoms with E-state index in [9.17, 15) is 55.5 Å². The Morgan fingerprint density at radius 1 is 0.750 bits per heavy atom. The number of aromatic hydroxyl groups is 1. The van der Waals surface area contributed by atoms with Crippen molar-refractivity contribution in [2.45, 2.75) is 106 Å². The highest BCUT2D eigenvalue weighted by Crippen LogP contribution is 2.36. The lowest BCUT2D eigenvalue weighted by Gasteiger charge is -2.46. The molecule has 3 saturated heterocycles. The van der Waals surface area contributed by atoms with E-state index in [2.05, 4.69) is 0 Å². The molecule has 4 heterocycles. The van der Waals surface area contributed by atoms with Crippen LogP contribution >= 0.6 is 0 Å². The average Bonchev–Trinajstić information content (AvgIpc) is 3.17. The molecule has 1 aromatic heterocycles. The van der Waals surface area contributed by atoms with Crippen LogP contribution in [0.4, 0.5) is 0 Å². The van der Waals surface area contributed by atoms with E-state index in [4.69, 9.17) is 42.3 Å². The molecule has 56 heavy (non-hydrogen) atoms. The van der Waals surface area contributed by atoms with Crippen molar-refractivity contribution in [1.29, 1.82) is 0 Å². The first-order valence-corrected chi connectivity index (χ1v) is 17.5. The Morgan fingerprint density at radius 3 is 2.05 bits per heavy atom. The predicted molar refractivity (Wildman–Crippen MR) is 184 cm³/mol. The molecular weight excluding hydrogens is 752 g/mol. The molecule has 3 aliphatic rings. The molecule has 0 spiro atoms. The number of hydrogen-bond donors (Lipinski definition) is 9. The lowest BCUT2D eigenvalue weighted by atomic mass is 9.97. The molecule has 0 saturated carbocycles. The maximum atomic E-state index is 13.1. The molecule has 0 unspecified atom stereocenters. The Hall–Kier alpha value is -4.00. The van der Waals surface area contributed by atoms with Crippen LogP contribution in [0.2, 0.25) is 0 Å². The maximum Gasteiger partial charge on any atom is 0.303 e. The molecule has 6 rings (SSSR count). The monoisotopic (exact) mass is 796 g/mol. The number of methoxy groups -OCH3 is 1. The summed E-state index contributed by atoms with van der Waals surface area (Å²) in [6, 6.07) is 10.0. The minimum absolute atomic E-state index is 0.126. The fraction of sp³-hybridized carbons (Fsp3) is 0.556. The number of carbonyl (C=O) groups excluding carboxylic acids is 1. The standard InChI is InChI=1S/C36H44O20/c1-13-32(51-14(2)38)29(45)31(47)34(50-13)49-12-23-26(42)28(44)33(56-35-30(46)27(43)25(41)22(11-37)54-35)36(55-23)52-17-8-18(39)24-19(40)10-20(53-21(24)9-17)15-4-6-16(48-3)7-5-15/h4-10,13,22-23,25-37,39,41-47H,11-12H2,1-3H3/t13-,22+,23+,25+,26+,27-,28-,29-,30+,31+,32-,33+,34+,35-,36+/m0/s1. The Morgan fingerprint density at radius 2 is 1.39 bits per heavy atom. The van der Waals surface area contributed by atoms with Crippen LogP contribution in [0, 0.1) is 0 Å². The Balaban J connectivity index is 1.28. The van der Waals surface area contributed by atoms with Crippen LogP contribution in [0.25, 0.3) is 22.3 Å². The zero-order valence-corrected chi connectivity index (χ0v) is 30.1. The van der Waals surface area contributed by atoms with Gasteiger partial charge in [-0.15, -0.1) is 0 Å². The van der Waals surface area contributed by atoms with Crippen molar-refractivity contribution in [2.75, 3.05) is 20.3 Å². The number of phenols is 1. The van der Waals surface area contributed by atoms with Crippen molar-refractivity contribution < 1.29 is 93.1 Å². The van der Waals surface area contributed by atoms with Crippen molar-refractivity contribution in [2.24, 2.45) is 0 Å². The first-order chi connectivity index (χ1) is 26.6. The highest BCUT2D eigenvalue weighted by molar-refractivity contribution is 5.86. The molecule has 20 heteroatoms. The zero-order chi connectivity index (χ0) is 40.6. The van der Waals surface area contributed by atoms with Gasteiger partial charge in [0.05, 0.1) is 26.4 Å². The van der Waals surface area contributed by atoms with Crippen molar-refractivity contribution in [3.63, 3.8) is 0 Å². The first kappa shape index (κ1) is 41.6. The molecule has 2 aromatic carbocycles. The molecule has 308 valence electrons. The maximum absolute atomic E-state index is 13.1. The SMILES string of the molecule is COc1ccc(-c2cc(=O)c3c(O)cc(O[C@@H]4O[C@H](CO[C@@H]5O[C@@H](C)[C@H](OC(C)=O)[C@@H](O)[C@H]5O)[C@@H](O)[C@H](O)[C@H]4O[C@@H]4O[C@H](CO)[C@@H](O)[C@H](O)[C@H]4O)cc3o2)cc1. The van der Waals surface area contributed by atoms with E-state index in [0.717, 1.165) is 13.0 Å². The van der Waals surface area contributed by atoms with Gasteiger partial charge < -0.3 is 88.3 Å². The summed E-state index contributed by atoms with van der Waals surface area (Å²) in [4.78, 5) is 24.6. The normalized spacial score (nSPS) is 36.2. The number of hydrogen-bond acceptors (Lipinski definition) is 20. The van der Waals surface area contributed by atoms with Gasteiger partial charge in [-0.1, -0.05) is 0 Å². The summed E-state index contributed by atoms with van der Waals surface area (Å²) in [5.41, 5.74) is -0.237. The van der Waals surface area contributed by atoms with Gasteiger partial charge in [0.1, 0.15) is 88.9 Å². The van der Waals surface area contributed by atoms with Gasteiger partial charge in [0.15, 0.2) is 30.2 Å². The van der Waals surface area contributed by atoms with Crippen LogP contribution in [0.3, 0.4) is 0 Å². The summed E-state index contributed by atoms with van der Waals surface area (Å²) in [6.45, 7) is 1.14. The molecule has 9 N–H and O–H groups in total. The summed E-state index contributed by atoms with van der Waals surface area (Å²) in [5.74, 6) is -0.842. The minimum atomic E-state index is -1.96. The lowest BCUT2D eigenvalue weighted by molar-refractivity contribution is -0.362. The van der Waals surface area contributed by atoms with E-state index < -0.39 is 122 Å². The van der Waals surface area contributed by atoms with E-state index in [1.54, 1.807) is 24.3 Å². The Labute approximate surface area is 317 Å². The van der Waals surface area contributed by atoms with Gasteiger partial charge in [0.25, 0.3) is 0 Å². The molecule has 3 aliphatic heterocycles. The second-order valence-electron chi connectivity index (χ2n) is 13.6. The molecule has 0 amide bonds. The van der Waals surface area contributed by atoms with Crippen molar-refractivity contribution >= 4 is 16.9 Å². The van der Waals surface area contributed by atoms with Crippen LogP contribution in [0.1, 0.15) is 13.8 Å². The largest absolute Gasteiger partial charge is 0.507 e. The second-order valence-corrected chi connectivity index (χ2v) is 13.6. The van der Waals surface area contributed by atoms with E-state index >= 15 is 0 Å². The number of carbonyl (C=O) groups is 1. The third kappa shape index (κ3) is 8.48. The minimum Gasteiger partial charge on any atom is -0.507 e. The highest BCUT2D eigenvalue weighted by Gasteiger charge is 2.52. The van der Waals surface area contributed by atoms with E-state index in [0.29, 0.717) is 11.3 Å². The summed E-state index contributed by atoms with van der Waals surface area (Å²) in [7, 11) is 1.49. The number of benzene rings is 2. The van der Waals surface area contributed by atoms with Gasteiger partial charge in [-0.25, -0.2) is 0 Å². The lowest BCUT2D eigenvalue weighted by Crippen LogP contribution is -2.65. The molecule has 0 aliphatic carbocycles. The van der Waals surface area contributed by atoms with Crippen molar-refractivity contribution in [1.82, 2.24) is 0 Å². The van der Waals surface area contributed by atoms with Gasteiger partial charge in [0.2, 0.25) is 6.29 Å². The van der Waals surface area contributed by atoms with Crippen molar-refractivity contribution in [3.8, 4) is 28.6 Å². The van der Waals surface area contributed by atoms with E-state index in [-0.39, 0.29) is 22.5 Å². The molecule has 0 radical (unpaired) electrons. The molecule has 3 fully saturated rings. The van der Waals surface area contributed by atoms with Gasteiger partial charge in [-0.2, -0.15) is 0 Å². The number of rotatable bonds is 11. The summed E-state index contributed by atoms with van der Waals surface area (Å²) in [6.07, 6.45) is -24.8. The third-order valence-electron chi connectivity index (χ3n) is 9.70. The fourth-order valence-electron chi connectivity index (χ4n) is 6.65. The van der Waals surface area contributed by atoms with Gasteiger partial charge >= 0.3 is 5.97 Å². The van der Waals surface area contributed by atoms with Crippen LogP contribution in [0.15, 0.2) is 51.7 Å². The Kier molecular flexibility index (Phi) is 12.8. The molecule has 20 nitrogen and oxygen atoms in total. The summed E-state index contributed by atoms with van der Waals surface area (Å²) in [5, 5.41) is 95.5. The molecule has 3 aromatic rings. The number of aliphatic hydroxyl groups is 8. The smallest absolute Gasteiger partial charge is 0.303 e. The molecule has 15 atom stereocenters. The van der Waals surface area contributed by atoms with Gasteiger partial charge in [-0.05, 0) is 31.2 Å². The summed E-state index contributed by atoms with van der Waals surface area (Å²) < 4.78 is 50.6. The van der Waals surface area contributed by atoms with Crippen molar-refractivity contribution in [3.05, 3.63) is 52.7 Å². The second kappa shape index (κ2) is 17.2. The first-order valence-electron chi connectivity index (χ1n) is 17.5. The van der Waals surface area contributed by atoms with Crippen LogP contribution in [-0.2, 0) is 33.2 Å². The molecular formula is C36H44O20. The highest BCUT2D eigenvalue weighted by atomic mass is 16.8. The fourth-order valence-corrected chi connectivity index (χ4v) is 6.65. The van der Waals surface area contributed by atoms with Crippen LogP contribution < -0.4 is 14.9 Å². The van der Waals surface area contributed by atoms with Gasteiger partial charge in [-0.3, -0.25) is 9.59 Å².